The molecule has 1 aromatic rings. The molecule has 0 bridgehead atoms. The van der Waals surface area contributed by atoms with Crippen molar-refractivity contribution in [3.8, 4) is 0 Å². The number of halogens is 1. The van der Waals surface area contributed by atoms with Crippen molar-refractivity contribution in [2.24, 2.45) is 0 Å². The van der Waals surface area contributed by atoms with Crippen LogP contribution in [0, 0.1) is 5.82 Å². The topological polar surface area (TPSA) is 49.9 Å². The van der Waals surface area contributed by atoms with Gasteiger partial charge in [-0.05, 0) is 39.0 Å². The number of ketones is 1. The minimum Gasteiger partial charge on any atom is -0.462 e. The zero-order valence-corrected chi connectivity index (χ0v) is 13.8. The maximum absolute atomic E-state index is 14.2. The second-order valence-electron chi connectivity index (χ2n) is 6.02. The number of carbonyl (C=O) groups is 2. The Labute approximate surface area is 136 Å². The van der Waals surface area contributed by atoms with Gasteiger partial charge in [-0.3, -0.25) is 14.5 Å². The van der Waals surface area contributed by atoms with Crippen molar-refractivity contribution < 1.29 is 18.7 Å². The number of nitrogens with zero attached hydrogens (tertiary/aromatic N) is 2. The molecule has 1 aromatic carbocycles. The van der Waals surface area contributed by atoms with Crippen LogP contribution >= 0.6 is 0 Å². The summed E-state index contributed by atoms with van der Waals surface area (Å²) in [4.78, 5) is 26.9. The van der Waals surface area contributed by atoms with Gasteiger partial charge in [0.2, 0.25) is 0 Å². The van der Waals surface area contributed by atoms with Crippen molar-refractivity contribution in [1.82, 2.24) is 4.90 Å². The van der Waals surface area contributed by atoms with Crippen molar-refractivity contribution in [2.45, 2.75) is 26.9 Å². The average Bonchev–Trinajstić information content (AvgIpc) is 2.47. The lowest BCUT2D eigenvalue weighted by atomic mass is 10.1. The van der Waals surface area contributed by atoms with Crippen molar-refractivity contribution in [3.05, 3.63) is 29.6 Å². The van der Waals surface area contributed by atoms with E-state index in [9.17, 15) is 14.0 Å². The summed E-state index contributed by atoms with van der Waals surface area (Å²) in [5.41, 5.74) is 0.876. The fourth-order valence-electron chi connectivity index (χ4n) is 2.61. The molecule has 5 nitrogen and oxygen atoms in total. The van der Waals surface area contributed by atoms with Crippen LogP contribution in [0.3, 0.4) is 0 Å². The lowest BCUT2D eigenvalue weighted by Gasteiger charge is -2.35. The van der Waals surface area contributed by atoms with E-state index in [1.807, 2.05) is 23.6 Å². The highest BCUT2D eigenvalue weighted by Gasteiger charge is 2.22. The quantitative estimate of drug-likeness (QED) is 0.614. The van der Waals surface area contributed by atoms with Gasteiger partial charge in [-0.25, -0.2) is 4.39 Å². The number of piperazine rings is 1. The number of ether oxygens (including phenoxy) is 1. The molecule has 0 N–H and O–H groups in total. The third-order valence-electron chi connectivity index (χ3n) is 3.79. The number of esters is 1. The summed E-state index contributed by atoms with van der Waals surface area (Å²) in [7, 11) is 0. The minimum atomic E-state index is -0.384. The number of hydrogen-bond donors (Lipinski definition) is 0. The Morgan fingerprint density at radius 1 is 1.22 bits per heavy atom. The molecule has 0 spiro atoms. The highest BCUT2D eigenvalue weighted by atomic mass is 19.1. The smallest absolute Gasteiger partial charge is 0.320 e. The molecule has 0 aromatic heterocycles. The van der Waals surface area contributed by atoms with E-state index >= 15 is 0 Å². The van der Waals surface area contributed by atoms with Crippen LogP contribution in [0.5, 0.6) is 0 Å². The van der Waals surface area contributed by atoms with Gasteiger partial charge < -0.3 is 9.64 Å². The number of carbonyl (C=O) groups excluding carboxylic acids is 2. The average molecular weight is 322 g/mol. The second-order valence-corrected chi connectivity index (χ2v) is 6.02. The lowest BCUT2D eigenvalue weighted by Crippen LogP contribution is -2.48. The molecule has 0 radical (unpaired) electrons. The van der Waals surface area contributed by atoms with Gasteiger partial charge in [0.05, 0.1) is 18.3 Å². The Balaban J connectivity index is 1.92. The van der Waals surface area contributed by atoms with E-state index in [1.54, 1.807) is 12.1 Å². The van der Waals surface area contributed by atoms with Crippen LogP contribution in [0.1, 0.15) is 31.1 Å². The molecule has 0 saturated carbocycles. The molecule has 1 aliphatic rings. The zero-order valence-electron chi connectivity index (χ0n) is 13.8. The molecule has 0 atom stereocenters. The van der Waals surface area contributed by atoms with Crippen LogP contribution in [-0.4, -0.2) is 55.5 Å². The van der Waals surface area contributed by atoms with E-state index in [2.05, 4.69) is 0 Å². The number of Topliss-reactive ketones (excluding diaryl/α,β-unsaturated/α-hetero) is 1. The van der Waals surface area contributed by atoms with Crippen LogP contribution in [0.25, 0.3) is 0 Å². The molecular formula is C17H23FN2O3. The minimum absolute atomic E-state index is 0.113. The van der Waals surface area contributed by atoms with Crippen LogP contribution in [0.15, 0.2) is 18.2 Å². The molecule has 0 aliphatic carbocycles. The Morgan fingerprint density at radius 2 is 1.87 bits per heavy atom. The second kappa shape index (κ2) is 7.55. The number of hydrogen-bond acceptors (Lipinski definition) is 5. The number of rotatable bonds is 5. The maximum atomic E-state index is 14.2. The summed E-state index contributed by atoms with van der Waals surface area (Å²) < 4.78 is 19.3. The fourth-order valence-corrected chi connectivity index (χ4v) is 2.61. The Morgan fingerprint density at radius 3 is 2.39 bits per heavy atom. The van der Waals surface area contributed by atoms with Gasteiger partial charge >= 0.3 is 5.97 Å². The van der Waals surface area contributed by atoms with E-state index in [4.69, 9.17) is 4.74 Å². The van der Waals surface area contributed by atoms with Crippen LogP contribution in [0.4, 0.5) is 10.1 Å². The van der Waals surface area contributed by atoms with E-state index in [0.29, 0.717) is 37.4 Å². The van der Waals surface area contributed by atoms with Crippen molar-refractivity contribution in [3.63, 3.8) is 0 Å². The van der Waals surface area contributed by atoms with Gasteiger partial charge in [-0.1, -0.05) is 0 Å². The fraction of sp³-hybridized carbons (Fsp3) is 0.529. The maximum Gasteiger partial charge on any atom is 0.320 e. The van der Waals surface area contributed by atoms with Crippen molar-refractivity contribution >= 4 is 17.4 Å². The first-order chi connectivity index (χ1) is 10.9. The van der Waals surface area contributed by atoms with Gasteiger partial charge in [0.1, 0.15) is 5.82 Å². The van der Waals surface area contributed by atoms with E-state index in [0.717, 1.165) is 0 Å². The standard InChI is InChI=1S/C17H23FN2O3/c1-12(2)23-17(22)11-19-6-8-20(9-7-19)16-5-4-14(13(3)21)10-15(16)18/h4-5,10,12H,6-9,11H2,1-3H3. The van der Waals surface area contributed by atoms with Gasteiger partial charge in [-0.2, -0.15) is 0 Å². The zero-order chi connectivity index (χ0) is 17.0. The first-order valence-electron chi connectivity index (χ1n) is 7.84. The molecule has 6 heteroatoms. The van der Waals surface area contributed by atoms with E-state index < -0.39 is 0 Å². The molecular weight excluding hydrogens is 299 g/mol. The Hall–Kier alpha value is -1.95. The largest absolute Gasteiger partial charge is 0.462 e. The lowest BCUT2D eigenvalue weighted by molar-refractivity contribution is -0.148. The molecule has 0 unspecified atom stereocenters. The SMILES string of the molecule is CC(=O)c1ccc(N2CCN(CC(=O)OC(C)C)CC2)c(F)c1. The highest BCUT2D eigenvalue weighted by molar-refractivity contribution is 5.94. The highest BCUT2D eigenvalue weighted by Crippen LogP contribution is 2.22. The van der Waals surface area contributed by atoms with Gasteiger partial charge in [0.15, 0.2) is 5.78 Å². The summed E-state index contributed by atoms with van der Waals surface area (Å²) in [6, 6.07) is 4.58. The molecule has 1 fully saturated rings. The third-order valence-corrected chi connectivity index (χ3v) is 3.79. The summed E-state index contributed by atoms with van der Waals surface area (Å²) in [6.07, 6.45) is -0.113. The molecule has 2 rings (SSSR count). The monoisotopic (exact) mass is 322 g/mol. The van der Waals surface area contributed by atoms with E-state index in [-0.39, 0.29) is 30.2 Å². The van der Waals surface area contributed by atoms with Crippen LogP contribution in [-0.2, 0) is 9.53 Å². The first kappa shape index (κ1) is 17.4. The summed E-state index contributed by atoms with van der Waals surface area (Å²) in [5, 5.41) is 0. The first-order valence-corrected chi connectivity index (χ1v) is 7.84. The van der Waals surface area contributed by atoms with Crippen molar-refractivity contribution in [1.29, 1.82) is 0 Å². The predicted octanol–water partition coefficient (Wildman–Crippen LogP) is 2.10. The molecule has 126 valence electrons. The Kier molecular flexibility index (Phi) is 5.71. The van der Waals surface area contributed by atoms with Crippen molar-refractivity contribution in [2.75, 3.05) is 37.6 Å². The van der Waals surface area contributed by atoms with Gasteiger partial charge in [-0.15, -0.1) is 0 Å². The van der Waals surface area contributed by atoms with Gasteiger partial charge in [0.25, 0.3) is 0 Å². The Bertz CT molecular complexity index is 581. The normalized spacial score (nSPS) is 15.8. The molecule has 23 heavy (non-hydrogen) atoms. The van der Waals surface area contributed by atoms with Gasteiger partial charge in [0, 0.05) is 31.7 Å². The molecule has 0 amide bonds. The molecule has 1 saturated heterocycles. The summed E-state index contributed by atoms with van der Waals surface area (Å²) in [5.74, 6) is -0.764. The van der Waals surface area contributed by atoms with Crippen LogP contribution < -0.4 is 4.90 Å². The van der Waals surface area contributed by atoms with Crippen LogP contribution in [0.2, 0.25) is 0 Å². The number of benzene rings is 1. The van der Waals surface area contributed by atoms with E-state index in [1.165, 1.54) is 13.0 Å². The third kappa shape index (κ3) is 4.76. The molecule has 1 heterocycles. The predicted molar refractivity (Wildman–Crippen MR) is 86.3 cm³/mol. The summed E-state index contributed by atoms with van der Waals surface area (Å²) in [6.45, 7) is 7.92. The summed E-state index contributed by atoms with van der Waals surface area (Å²) >= 11 is 0. The molecule has 1 aliphatic heterocycles. The number of anilines is 1.